The van der Waals surface area contributed by atoms with E-state index in [1.54, 1.807) is 12.1 Å². The van der Waals surface area contributed by atoms with Crippen LogP contribution in [0.15, 0.2) is 24.5 Å². The number of benzene rings is 1. The maximum absolute atomic E-state index is 13.9. The smallest absolute Gasteiger partial charge is 0.146 e. The molecule has 2 atom stereocenters. The van der Waals surface area contributed by atoms with Gasteiger partial charge in [-0.2, -0.15) is 0 Å². The molecule has 0 aliphatic carbocycles. The predicted octanol–water partition coefficient (Wildman–Crippen LogP) is 1.78. The number of rotatable bonds is 3. The van der Waals surface area contributed by atoms with Crippen LogP contribution in [0.1, 0.15) is 19.8 Å². The Morgan fingerprint density at radius 1 is 1.45 bits per heavy atom. The van der Waals surface area contributed by atoms with E-state index in [2.05, 4.69) is 20.8 Å². The topological polar surface area (TPSA) is 64.9 Å². The van der Waals surface area contributed by atoms with Gasteiger partial charge in [0.2, 0.25) is 0 Å². The van der Waals surface area contributed by atoms with Gasteiger partial charge in [0.25, 0.3) is 0 Å². The zero-order chi connectivity index (χ0) is 13.9. The third-order valence-electron chi connectivity index (χ3n) is 3.41. The molecule has 1 aliphatic heterocycles. The van der Waals surface area contributed by atoms with Crippen molar-refractivity contribution >= 4 is 5.69 Å². The minimum absolute atomic E-state index is 0.201. The van der Waals surface area contributed by atoms with Crippen molar-refractivity contribution in [3.63, 3.8) is 0 Å². The molecule has 2 aromatic rings. The van der Waals surface area contributed by atoms with Crippen LogP contribution in [-0.4, -0.2) is 39.0 Å². The van der Waals surface area contributed by atoms with Gasteiger partial charge in [-0.25, -0.2) is 9.07 Å². The van der Waals surface area contributed by atoms with Crippen LogP contribution in [0.4, 0.5) is 10.1 Å². The summed E-state index contributed by atoms with van der Waals surface area (Å²) in [5.41, 5.74) is 1.19. The molecule has 1 fully saturated rings. The third kappa shape index (κ3) is 2.77. The molecule has 1 aliphatic rings. The quantitative estimate of drug-likeness (QED) is 0.926. The Kier molecular flexibility index (Phi) is 3.60. The molecular formula is C13H16FN5O. The van der Waals surface area contributed by atoms with Gasteiger partial charge < -0.3 is 10.1 Å². The largest absolute Gasteiger partial charge is 0.380 e. The van der Waals surface area contributed by atoms with Crippen molar-refractivity contribution in [3.05, 3.63) is 30.3 Å². The minimum Gasteiger partial charge on any atom is -0.380 e. The van der Waals surface area contributed by atoms with Crippen LogP contribution in [0.2, 0.25) is 0 Å². The summed E-state index contributed by atoms with van der Waals surface area (Å²) in [4.78, 5) is 0. The maximum atomic E-state index is 13.9. The molecule has 0 spiro atoms. The third-order valence-corrected chi connectivity index (χ3v) is 3.41. The van der Waals surface area contributed by atoms with E-state index in [-0.39, 0.29) is 18.0 Å². The normalized spacial score (nSPS) is 22.7. The van der Waals surface area contributed by atoms with Crippen LogP contribution in [0.5, 0.6) is 0 Å². The van der Waals surface area contributed by atoms with Crippen molar-refractivity contribution in [2.24, 2.45) is 0 Å². The second-order valence-electron chi connectivity index (χ2n) is 4.97. The number of ether oxygens (including phenoxy) is 1. The monoisotopic (exact) mass is 277 g/mol. The van der Waals surface area contributed by atoms with Gasteiger partial charge in [-0.1, -0.05) is 0 Å². The molecule has 2 unspecified atom stereocenters. The predicted molar refractivity (Wildman–Crippen MR) is 71.2 cm³/mol. The summed E-state index contributed by atoms with van der Waals surface area (Å²) in [6, 6.07) is 4.99. The molecule has 1 saturated heterocycles. The van der Waals surface area contributed by atoms with Gasteiger partial charge in [0, 0.05) is 12.6 Å². The summed E-state index contributed by atoms with van der Waals surface area (Å²) in [7, 11) is 0. The molecule has 6 nitrogen and oxygen atoms in total. The summed E-state index contributed by atoms with van der Waals surface area (Å²) >= 11 is 0. The lowest BCUT2D eigenvalue weighted by Crippen LogP contribution is -2.32. The molecule has 106 valence electrons. The van der Waals surface area contributed by atoms with Gasteiger partial charge in [-0.05, 0) is 48.4 Å². The summed E-state index contributed by atoms with van der Waals surface area (Å²) in [6.45, 7) is 2.73. The van der Waals surface area contributed by atoms with E-state index in [0.717, 1.165) is 18.5 Å². The number of tetrazole rings is 1. The number of nitrogens with zero attached hydrogens (tertiary/aromatic N) is 4. The Labute approximate surface area is 115 Å². The molecule has 2 heterocycles. The lowest BCUT2D eigenvalue weighted by atomic mass is 10.0. The molecular weight excluding hydrogens is 261 g/mol. The van der Waals surface area contributed by atoms with Crippen molar-refractivity contribution in [1.29, 1.82) is 0 Å². The average molecular weight is 277 g/mol. The molecule has 7 heteroatoms. The highest BCUT2D eigenvalue weighted by atomic mass is 19.1. The second kappa shape index (κ2) is 5.54. The highest BCUT2D eigenvalue weighted by Crippen LogP contribution is 2.23. The van der Waals surface area contributed by atoms with Crippen LogP contribution in [0.25, 0.3) is 5.69 Å². The van der Waals surface area contributed by atoms with Crippen LogP contribution in [0.3, 0.4) is 0 Å². The standard InChI is InChI=1S/C13H16FN5O/c1-9-6-10(4-5-20-9)16-13-7-11(2-3-12(13)14)19-8-15-17-18-19/h2-3,7-10,16H,4-6H2,1H3. The molecule has 0 radical (unpaired) electrons. The first-order valence-electron chi connectivity index (χ1n) is 6.63. The van der Waals surface area contributed by atoms with E-state index in [9.17, 15) is 4.39 Å². The first-order valence-corrected chi connectivity index (χ1v) is 6.63. The number of hydrogen-bond acceptors (Lipinski definition) is 5. The lowest BCUT2D eigenvalue weighted by Gasteiger charge is -2.28. The summed E-state index contributed by atoms with van der Waals surface area (Å²) in [5.74, 6) is -0.277. The van der Waals surface area contributed by atoms with Crippen molar-refractivity contribution in [2.45, 2.75) is 31.9 Å². The van der Waals surface area contributed by atoms with Crippen LogP contribution >= 0.6 is 0 Å². The number of hydrogen-bond donors (Lipinski definition) is 1. The van der Waals surface area contributed by atoms with Crippen LogP contribution in [0, 0.1) is 5.82 Å². The number of nitrogens with one attached hydrogen (secondary N) is 1. The lowest BCUT2D eigenvalue weighted by molar-refractivity contribution is 0.0232. The Bertz CT molecular complexity index is 574. The second-order valence-corrected chi connectivity index (χ2v) is 4.97. The van der Waals surface area contributed by atoms with Gasteiger partial charge >= 0.3 is 0 Å². The average Bonchev–Trinajstić information content (AvgIpc) is 2.95. The van der Waals surface area contributed by atoms with Crippen molar-refractivity contribution in [2.75, 3.05) is 11.9 Å². The number of halogens is 1. The Morgan fingerprint density at radius 2 is 2.35 bits per heavy atom. The molecule has 0 amide bonds. The van der Waals surface area contributed by atoms with Gasteiger partial charge in [0.15, 0.2) is 0 Å². The Balaban J connectivity index is 1.80. The van der Waals surface area contributed by atoms with E-state index in [0.29, 0.717) is 12.3 Å². The van der Waals surface area contributed by atoms with E-state index in [1.807, 2.05) is 6.92 Å². The van der Waals surface area contributed by atoms with E-state index < -0.39 is 0 Å². The molecule has 1 aromatic heterocycles. The van der Waals surface area contributed by atoms with Crippen molar-refractivity contribution < 1.29 is 9.13 Å². The summed E-state index contributed by atoms with van der Waals surface area (Å²) in [5, 5.41) is 14.2. The van der Waals surface area contributed by atoms with Crippen molar-refractivity contribution in [1.82, 2.24) is 20.2 Å². The van der Waals surface area contributed by atoms with Gasteiger partial charge in [-0.3, -0.25) is 0 Å². The zero-order valence-corrected chi connectivity index (χ0v) is 11.2. The maximum Gasteiger partial charge on any atom is 0.146 e. The fraction of sp³-hybridized carbons (Fsp3) is 0.462. The Hall–Kier alpha value is -2.02. The summed E-state index contributed by atoms with van der Waals surface area (Å²) < 4.78 is 20.9. The molecule has 20 heavy (non-hydrogen) atoms. The molecule has 0 bridgehead atoms. The first kappa shape index (κ1) is 13.0. The van der Waals surface area contributed by atoms with Crippen molar-refractivity contribution in [3.8, 4) is 5.69 Å². The van der Waals surface area contributed by atoms with Gasteiger partial charge in [0.1, 0.15) is 12.1 Å². The highest BCUT2D eigenvalue weighted by molar-refractivity contribution is 5.52. The molecule has 0 saturated carbocycles. The van der Waals surface area contributed by atoms with Gasteiger partial charge in [-0.15, -0.1) is 5.10 Å². The van der Waals surface area contributed by atoms with Crippen LogP contribution in [-0.2, 0) is 4.74 Å². The Morgan fingerprint density at radius 3 is 3.10 bits per heavy atom. The minimum atomic E-state index is -0.277. The van der Waals surface area contributed by atoms with E-state index >= 15 is 0 Å². The number of aromatic nitrogens is 4. The number of anilines is 1. The highest BCUT2D eigenvalue weighted by Gasteiger charge is 2.20. The SMILES string of the molecule is CC1CC(Nc2cc(-n3cnnn3)ccc2F)CCO1. The molecule has 3 rings (SSSR count). The van der Waals surface area contributed by atoms with Crippen LogP contribution < -0.4 is 5.32 Å². The summed E-state index contributed by atoms with van der Waals surface area (Å²) in [6.07, 6.45) is 3.42. The van der Waals surface area contributed by atoms with E-state index in [1.165, 1.54) is 17.1 Å². The first-order chi connectivity index (χ1) is 9.72. The zero-order valence-electron chi connectivity index (χ0n) is 11.2. The van der Waals surface area contributed by atoms with Gasteiger partial charge in [0.05, 0.1) is 17.5 Å². The molecule has 1 N–H and O–H groups in total. The fourth-order valence-electron chi connectivity index (χ4n) is 2.40. The van der Waals surface area contributed by atoms with E-state index in [4.69, 9.17) is 4.74 Å². The fourth-order valence-corrected chi connectivity index (χ4v) is 2.40. The molecule has 1 aromatic carbocycles.